The van der Waals surface area contributed by atoms with Crippen molar-refractivity contribution in [2.24, 2.45) is 5.41 Å². The molecule has 2 amide bonds. The minimum atomic E-state index is -1.17. The minimum Gasteiger partial charge on any atom is -0.495 e. The lowest BCUT2D eigenvalue weighted by Gasteiger charge is -2.24. The molecule has 0 spiro atoms. The van der Waals surface area contributed by atoms with Crippen LogP contribution in [-0.4, -0.2) is 25.0 Å². The topological polar surface area (TPSA) is 67.4 Å². The van der Waals surface area contributed by atoms with Gasteiger partial charge in [-0.25, -0.2) is 0 Å². The van der Waals surface area contributed by atoms with Crippen molar-refractivity contribution in [3.63, 3.8) is 0 Å². The predicted octanol–water partition coefficient (Wildman–Crippen LogP) is 2.49. The zero-order chi connectivity index (χ0) is 16.2. The lowest BCUT2D eigenvalue weighted by molar-refractivity contribution is -0.138. The van der Waals surface area contributed by atoms with Crippen molar-refractivity contribution in [3.05, 3.63) is 23.8 Å². The van der Waals surface area contributed by atoms with Gasteiger partial charge in [0.05, 0.1) is 12.8 Å². The van der Waals surface area contributed by atoms with Crippen LogP contribution in [0.1, 0.15) is 33.3 Å². The van der Waals surface area contributed by atoms with Crippen molar-refractivity contribution in [1.29, 1.82) is 0 Å². The van der Waals surface area contributed by atoms with Crippen molar-refractivity contribution < 1.29 is 14.3 Å². The molecule has 0 heterocycles. The van der Waals surface area contributed by atoms with E-state index in [0.29, 0.717) is 11.4 Å². The summed E-state index contributed by atoms with van der Waals surface area (Å²) in [5.74, 6) is -0.111. The average Bonchev–Trinajstić information content (AvgIpc) is 2.38. The van der Waals surface area contributed by atoms with Crippen LogP contribution < -0.4 is 15.4 Å². The molecule has 1 rings (SSSR count). The number of amides is 2. The number of nitrogens with one attached hydrogen (secondary N) is 2. The van der Waals surface area contributed by atoms with E-state index >= 15 is 0 Å². The van der Waals surface area contributed by atoms with E-state index in [9.17, 15) is 9.59 Å². The number of anilines is 1. The Morgan fingerprint density at radius 2 is 1.81 bits per heavy atom. The number of carbonyl (C=O) groups excluding carboxylic acids is 2. The molecule has 5 nitrogen and oxygen atoms in total. The Kier molecular flexibility index (Phi) is 5.35. The first-order chi connectivity index (χ1) is 9.68. The summed E-state index contributed by atoms with van der Waals surface area (Å²) in [7, 11) is 1.54. The summed E-state index contributed by atoms with van der Waals surface area (Å²) < 4.78 is 5.22. The molecule has 1 aromatic carbocycles. The highest BCUT2D eigenvalue weighted by atomic mass is 16.5. The number of carbonyl (C=O) groups is 2. The monoisotopic (exact) mass is 292 g/mol. The number of hydrogen-bond acceptors (Lipinski definition) is 3. The molecule has 0 radical (unpaired) electrons. The molecule has 0 unspecified atom stereocenters. The quantitative estimate of drug-likeness (QED) is 0.819. The molecule has 0 saturated carbocycles. The summed E-state index contributed by atoms with van der Waals surface area (Å²) in [5.41, 5.74) is 0.391. The van der Waals surface area contributed by atoms with E-state index < -0.39 is 5.41 Å². The number of rotatable bonds is 5. The number of methoxy groups -OCH3 is 1. The summed E-state index contributed by atoms with van der Waals surface area (Å²) in [6.07, 6.45) is 0. The Morgan fingerprint density at radius 3 is 2.33 bits per heavy atom. The fraction of sp³-hybridized carbons (Fsp3) is 0.500. The third kappa shape index (κ3) is 4.21. The smallest absolute Gasteiger partial charge is 0.239 e. The first-order valence-electron chi connectivity index (χ1n) is 6.95. The van der Waals surface area contributed by atoms with Gasteiger partial charge in [0, 0.05) is 6.04 Å². The van der Waals surface area contributed by atoms with Gasteiger partial charge in [-0.1, -0.05) is 6.07 Å². The third-order valence-electron chi connectivity index (χ3n) is 3.16. The standard InChI is InChI=1S/C16H24N2O3/c1-10(2)17-14(19)16(4,5)15(20)18-12-9-11(3)7-8-13(12)21-6/h7-10H,1-6H3,(H,17,19)(H,18,20). The Balaban J connectivity index is 2.94. The molecule has 0 saturated heterocycles. The maximum absolute atomic E-state index is 12.4. The van der Waals surface area contributed by atoms with Crippen LogP contribution in [-0.2, 0) is 9.59 Å². The summed E-state index contributed by atoms with van der Waals surface area (Å²) >= 11 is 0. The Morgan fingerprint density at radius 1 is 1.19 bits per heavy atom. The van der Waals surface area contributed by atoms with Crippen LogP contribution in [0.3, 0.4) is 0 Å². The van der Waals surface area contributed by atoms with E-state index in [-0.39, 0.29) is 17.9 Å². The molecule has 0 aliphatic heterocycles. The van der Waals surface area contributed by atoms with Gasteiger partial charge in [-0.3, -0.25) is 9.59 Å². The molecule has 116 valence electrons. The molecule has 21 heavy (non-hydrogen) atoms. The van der Waals surface area contributed by atoms with Crippen molar-refractivity contribution in [2.75, 3.05) is 12.4 Å². The van der Waals surface area contributed by atoms with Crippen LogP contribution in [0.5, 0.6) is 5.75 Å². The Bertz CT molecular complexity index is 536. The molecule has 5 heteroatoms. The van der Waals surface area contributed by atoms with E-state index in [1.807, 2.05) is 32.9 Å². The highest BCUT2D eigenvalue weighted by Crippen LogP contribution is 2.27. The summed E-state index contributed by atoms with van der Waals surface area (Å²) in [4.78, 5) is 24.5. The van der Waals surface area contributed by atoms with Crippen molar-refractivity contribution in [1.82, 2.24) is 5.32 Å². The van der Waals surface area contributed by atoms with Gasteiger partial charge in [0.1, 0.15) is 11.2 Å². The fourth-order valence-electron chi connectivity index (χ4n) is 1.74. The first-order valence-corrected chi connectivity index (χ1v) is 6.95. The van der Waals surface area contributed by atoms with Gasteiger partial charge in [-0.05, 0) is 52.3 Å². The van der Waals surface area contributed by atoms with E-state index in [1.54, 1.807) is 19.9 Å². The second-order valence-electron chi connectivity index (χ2n) is 5.91. The highest BCUT2D eigenvalue weighted by molar-refractivity contribution is 6.10. The Labute approximate surface area is 126 Å². The second kappa shape index (κ2) is 6.61. The SMILES string of the molecule is COc1ccc(C)cc1NC(=O)C(C)(C)C(=O)NC(C)C. The van der Waals surface area contributed by atoms with Gasteiger partial charge in [-0.2, -0.15) is 0 Å². The largest absolute Gasteiger partial charge is 0.495 e. The summed E-state index contributed by atoms with van der Waals surface area (Å²) in [6, 6.07) is 5.47. The van der Waals surface area contributed by atoms with Gasteiger partial charge < -0.3 is 15.4 Å². The molecule has 2 N–H and O–H groups in total. The summed E-state index contributed by atoms with van der Waals surface area (Å²) in [6.45, 7) is 8.83. The number of aryl methyl sites for hydroxylation is 1. The van der Waals surface area contributed by atoms with Gasteiger partial charge in [0.15, 0.2) is 0 Å². The van der Waals surface area contributed by atoms with Gasteiger partial charge in [0.25, 0.3) is 0 Å². The molecule has 1 aromatic rings. The molecule has 0 aliphatic carbocycles. The van der Waals surface area contributed by atoms with Crippen LogP contribution in [0, 0.1) is 12.3 Å². The summed E-state index contributed by atoms with van der Waals surface area (Å²) in [5, 5.41) is 5.53. The maximum atomic E-state index is 12.4. The third-order valence-corrected chi connectivity index (χ3v) is 3.16. The van der Waals surface area contributed by atoms with Crippen LogP contribution >= 0.6 is 0 Å². The highest BCUT2D eigenvalue weighted by Gasteiger charge is 2.36. The zero-order valence-electron chi connectivity index (χ0n) is 13.5. The zero-order valence-corrected chi connectivity index (χ0v) is 13.5. The van der Waals surface area contributed by atoms with Crippen LogP contribution in [0.25, 0.3) is 0 Å². The molecule has 0 aromatic heterocycles. The number of ether oxygens (including phenoxy) is 1. The van der Waals surface area contributed by atoms with Crippen LogP contribution in [0.4, 0.5) is 5.69 Å². The maximum Gasteiger partial charge on any atom is 0.239 e. The van der Waals surface area contributed by atoms with E-state index in [1.165, 1.54) is 7.11 Å². The second-order valence-corrected chi connectivity index (χ2v) is 5.91. The molecule has 0 fully saturated rings. The fourth-order valence-corrected chi connectivity index (χ4v) is 1.74. The number of benzene rings is 1. The minimum absolute atomic E-state index is 0.0157. The van der Waals surface area contributed by atoms with Crippen LogP contribution in [0.2, 0.25) is 0 Å². The van der Waals surface area contributed by atoms with Crippen molar-refractivity contribution in [2.45, 2.75) is 40.7 Å². The van der Waals surface area contributed by atoms with Crippen molar-refractivity contribution >= 4 is 17.5 Å². The van der Waals surface area contributed by atoms with Gasteiger partial charge in [-0.15, -0.1) is 0 Å². The van der Waals surface area contributed by atoms with Gasteiger partial charge in [0.2, 0.25) is 11.8 Å². The molecule has 0 bridgehead atoms. The van der Waals surface area contributed by atoms with E-state index in [0.717, 1.165) is 5.56 Å². The van der Waals surface area contributed by atoms with E-state index in [4.69, 9.17) is 4.74 Å². The molecule has 0 aliphatic rings. The Hall–Kier alpha value is -2.04. The number of hydrogen-bond donors (Lipinski definition) is 2. The lowest BCUT2D eigenvalue weighted by Crippen LogP contribution is -2.47. The van der Waals surface area contributed by atoms with Crippen LogP contribution in [0.15, 0.2) is 18.2 Å². The first kappa shape index (κ1) is 17.0. The molecular weight excluding hydrogens is 268 g/mol. The van der Waals surface area contributed by atoms with Gasteiger partial charge >= 0.3 is 0 Å². The normalized spacial score (nSPS) is 11.2. The molecule has 0 atom stereocenters. The lowest BCUT2D eigenvalue weighted by atomic mass is 9.90. The average molecular weight is 292 g/mol. The molecular formula is C16H24N2O3. The van der Waals surface area contributed by atoms with Crippen molar-refractivity contribution in [3.8, 4) is 5.75 Å². The predicted molar refractivity (Wildman–Crippen MR) is 83.4 cm³/mol. The van der Waals surface area contributed by atoms with E-state index in [2.05, 4.69) is 10.6 Å².